The summed E-state index contributed by atoms with van der Waals surface area (Å²) in [5.74, 6) is 0.366. The molecule has 0 unspecified atom stereocenters. The summed E-state index contributed by atoms with van der Waals surface area (Å²) in [6, 6.07) is 9.82. The lowest BCUT2D eigenvalue weighted by molar-refractivity contribution is -2.00. The van der Waals surface area contributed by atoms with Crippen LogP contribution in [0.4, 0.5) is 0 Å². The second-order valence-corrected chi connectivity index (χ2v) is 5.38. The summed E-state index contributed by atoms with van der Waals surface area (Å²) in [6.07, 6.45) is 1.56. The van der Waals surface area contributed by atoms with Gasteiger partial charge >= 0.3 is 11.9 Å². The van der Waals surface area contributed by atoms with Crippen molar-refractivity contribution >= 4 is 17.4 Å². The molecular formula is C14H14ClNO7. The zero-order valence-corrected chi connectivity index (χ0v) is 12.7. The highest BCUT2D eigenvalue weighted by atomic mass is 35.7. The number of halogens is 1. The van der Waals surface area contributed by atoms with Crippen molar-refractivity contribution in [2.75, 3.05) is 26.3 Å². The van der Waals surface area contributed by atoms with Gasteiger partial charge in [0.15, 0.2) is 13.1 Å². The fraction of sp³-hybridized carbons (Fsp3) is 0.286. The minimum atomic E-state index is -4.94. The standard InChI is InChI=1S/C14H14NO3.ClHO4/c16-13-10-12(11-4-2-1-3-5-11)14(18-13)15-6-8-17-9-7-15;2-1(3,4)5/h1-5,10H,6-9H2;(H,2,3,4,5)/q+1;/p-1. The first kappa shape index (κ1) is 17.5. The normalized spacial score (nSPS) is 18.1. The van der Waals surface area contributed by atoms with Crippen LogP contribution in [0.2, 0.25) is 0 Å². The Bertz CT molecular complexity index is 608. The maximum Gasteiger partial charge on any atom is 0.378 e. The summed E-state index contributed by atoms with van der Waals surface area (Å²) in [5, 5.41) is 0. The number of hydrogen-bond acceptors (Lipinski definition) is 7. The molecule has 2 aliphatic heterocycles. The van der Waals surface area contributed by atoms with Crippen LogP contribution in [-0.4, -0.2) is 42.7 Å². The Morgan fingerprint density at radius 3 is 2.13 bits per heavy atom. The fourth-order valence-electron chi connectivity index (χ4n) is 2.19. The zero-order valence-electron chi connectivity index (χ0n) is 12.0. The second kappa shape index (κ2) is 7.64. The monoisotopic (exact) mass is 343 g/mol. The summed E-state index contributed by atoms with van der Waals surface area (Å²) < 4.78 is 46.7. The van der Waals surface area contributed by atoms with Crippen LogP contribution in [0.15, 0.2) is 36.4 Å². The van der Waals surface area contributed by atoms with E-state index in [1.165, 1.54) is 0 Å². The predicted molar refractivity (Wildman–Crippen MR) is 66.3 cm³/mol. The minimum absolute atomic E-state index is 0.296. The second-order valence-electron chi connectivity index (χ2n) is 4.63. The lowest BCUT2D eigenvalue weighted by Crippen LogP contribution is -2.68. The van der Waals surface area contributed by atoms with Crippen molar-refractivity contribution in [2.45, 2.75) is 0 Å². The average Bonchev–Trinajstić information content (AvgIpc) is 2.89. The predicted octanol–water partition coefficient (Wildman–Crippen LogP) is -3.69. The molecule has 0 bridgehead atoms. The molecular weight excluding hydrogens is 330 g/mol. The Morgan fingerprint density at radius 2 is 1.57 bits per heavy atom. The summed E-state index contributed by atoms with van der Waals surface area (Å²) in [4.78, 5) is 11.5. The van der Waals surface area contributed by atoms with Gasteiger partial charge < -0.3 is 9.47 Å². The van der Waals surface area contributed by atoms with Crippen LogP contribution in [0.1, 0.15) is 5.56 Å². The van der Waals surface area contributed by atoms with Gasteiger partial charge in [-0.15, -0.1) is 10.2 Å². The minimum Gasteiger partial charge on any atom is -0.368 e. The first-order valence-corrected chi connectivity index (χ1v) is 7.89. The summed E-state index contributed by atoms with van der Waals surface area (Å²) in [7, 11) is -4.94. The molecule has 1 aromatic carbocycles. The molecule has 2 aliphatic rings. The number of hydrogen-bond donors (Lipinski definition) is 0. The van der Waals surface area contributed by atoms with Gasteiger partial charge in [-0.05, 0) is 5.56 Å². The first-order chi connectivity index (χ1) is 10.8. The maximum absolute atomic E-state index is 11.5. The molecule has 1 fully saturated rings. The number of nitrogens with zero attached hydrogens (tertiary/aromatic N) is 1. The highest BCUT2D eigenvalue weighted by Crippen LogP contribution is 2.22. The van der Waals surface area contributed by atoms with E-state index in [4.69, 9.17) is 28.1 Å². The van der Waals surface area contributed by atoms with Crippen LogP contribution in [0, 0.1) is 10.2 Å². The van der Waals surface area contributed by atoms with Gasteiger partial charge in [0.05, 0.1) is 0 Å². The van der Waals surface area contributed by atoms with Crippen molar-refractivity contribution in [1.29, 1.82) is 0 Å². The van der Waals surface area contributed by atoms with Gasteiger partial charge in [0.25, 0.3) is 0 Å². The van der Waals surface area contributed by atoms with Gasteiger partial charge in [-0.3, -0.25) is 0 Å². The summed E-state index contributed by atoms with van der Waals surface area (Å²) >= 11 is 0. The Labute approximate surface area is 134 Å². The molecule has 0 saturated carbocycles. The van der Waals surface area contributed by atoms with E-state index in [2.05, 4.69) is 4.58 Å². The molecule has 0 radical (unpaired) electrons. The van der Waals surface area contributed by atoms with E-state index < -0.39 is 10.2 Å². The molecule has 3 rings (SSSR count). The SMILES string of the molecule is O=C1C=C(c2ccccc2)C(=[N+]2CCOCC2)O1.[O-][Cl+3]([O-])([O-])[O-]. The van der Waals surface area contributed by atoms with Gasteiger partial charge in [-0.25, -0.2) is 23.4 Å². The molecule has 0 amide bonds. The lowest BCUT2D eigenvalue weighted by atomic mass is 10.1. The van der Waals surface area contributed by atoms with E-state index >= 15 is 0 Å². The summed E-state index contributed by atoms with van der Waals surface area (Å²) in [6.45, 7) is 2.85. The highest BCUT2D eigenvalue weighted by molar-refractivity contribution is 6.28. The van der Waals surface area contributed by atoms with E-state index in [1.807, 2.05) is 30.3 Å². The van der Waals surface area contributed by atoms with Crippen LogP contribution in [-0.2, 0) is 14.3 Å². The molecule has 9 heteroatoms. The Kier molecular flexibility index (Phi) is 5.83. The number of carbonyl (C=O) groups is 1. The van der Waals surface area contributed by atoms with Gasteiger partial charge in [0.2, 0.25) is 0 Å². The number of cyclic esters (lactones) is 1. The van der Waals surface area contributed by atoms with Crippen molar-refractivity contribution in [3.63, 3.8) is 0 Å². The molecule has 0 N–H and O–H groups in total. The molecule has 8 nitrogen and oxygen atoms in total. The molecule has 0 atom stereocenters. The number of esters is 1. The van der Waals surface area contributed by atoms with Crippen LogP contribution in [0.3, 0.4) is 0 Å². The number of carbonyl (C=O) groups excluding carboxylic acids is 1. The van der Waals surface area contributed by atoms with Crippen molar-refractivity contribution in [3.8, 4) is 0 Å². The Hall–Kier alpha value is -1.81. The molecule has 1 aromatic rings. The van der Waals surface area contributed by atoms with Crippen LogP contribution in [0.25, 0.3) is 5.57 Å². The van der Waals surface area contributed by atoms with Crippen LogP contribution < -0.4 is 18.6 Å². The number of benzene rings is 1. The third-order valence-electron chi connectivity index (χ3n) is 3.07. The van der Waals surface area contributed by atoms with Crippen LogP contribution in [0.5, 0.6) is 0 Å². The number of rotatable bonds is 1. The quantitative estimate of drug-likeness (QED) is 0.379. The smallest absolute Gasteiger partial charge is 0.368 e. The molecule has 0 aliphatic carbocycles. The van der Waals surface area contributed by atoms with Crippen molar-refractivity contribution in [2.24, 2.45) is 0 Å². The average molecular weight is 344 g/mol. The third-order valence-corrected chi connectivity index (χ3v) is 3.07. The Morgan fingerprint density at radius 1 is 1.00 bits per heavy atom. The molecule has 124 valence electrons. The van der Waals surface area contributed by atoms with Crippen molar-refractivity contribution < 1.29 is 47.7 Å². The lowest BCUT2D eigenvalue weighted by Gasteiger charge is -2.17. The molecule has 0 aromatic heterocycles. The number of ether oxygens (including phenoxy) is 2. The van der Waals surface area contributed by atoms with Gasteiger partial charge in [0.1, 0.15) is 18.8 Å². The topological polar surface area (TPSA) is 131 Å². The van der Waals surface area contributed by atoms with Gasteiger partial charge in [0, 0.05) is 6.08 Å². The highest BCUT2D eigenvalue weighted by Gasteiger charge is 2.32. The van der Waals surface area contributed by atoms with E-state index in [-0.39, 0.29) is 5.97 Å². The largest absolute Gasteiger partial charge is 0.378 e. The molecule has 23 heavy (non-hydrogen) atoms. The van der Waals surface area contributed by atoms with E-state index in [9.17, 15) is 4.79 Å². The molecule has 2 heterocycles. The van der Waals surface area contributed by atoms with Crippen LogP contribution >= 0.6 is 0 Å². The maximum atomic E-state index is 11.5. The molecule has 1 saturated heterocycles. The Balaban J connectivity index is 0.000000338. The van der Waals surface area contributed by atoms with E-state index in [1.54, 1.807) is 6.08 Å². The number of morpholine rings is 1. The summed E-state index contributed by atoms with van der Waals surface area (Å²) in [5.41, 5.74) is 1.87. The fourth-order valence-corrected chi connectivity index (χ4v) is 2.19. The molecule has 0 spiro atoms. The van der Waals surface area contributed by atoms with Gasteiger partial charge in [-0.1, -0.05) is 30.3 Å². The third kappa shape index (κ3) is 5.71. The first-order valence-electron chi connectivity index (χ1n) is 6.65. The zero-order chi connectivity index (χ0) is 16.9. The van der Waals surface area contributed by atoms with Crippen molar-refractivity contribution in [3.05, 3.63) is 42.0 Å². The van der Waals surface area contributed by atoms with E-state index in [0.29, 0.717) is 19.1 Å². The van der Waals surface area contributed by atoms with Gasteiger partial charge in [-0.2, -0.15) is 4.58 Å². The van der Waals surface area contributed by atoms with Crippen molar-refractivity contribution in [1.82, 2.24) is 0 Å². The van der Waals surface area contributed by atoms with E-state index in [0.717, 1.165) is 24.2 Å².